The lowest BCUT2D eigenvalue weighted by Crippen LogP contribution is -2.32. The van der Waals surface area contributed by atoms with Gasteiger partial charge >= 0.3 is 0 Å². The smallest absolute Gasteiger partial charge is 0.234 e. The number of nitrogens with one attached hydrogen (secondary N) is 1. The average Bonchev–Trinajstić information content (AvgIpc) is 2.21. The number of hydrogen-bond acceptors (Lipinski definition) is 2. The van der Waals surface area contributed by atoms with E-state index in [9.17, 15) is 13.6 Å². The minimum atomic E-state index is -0.929. The zero-order valence-electron chi connectivity index (χ0n) is 8.67. The topological polar surface area (TPSA) is 55.1 Å². The van der Waals surface area contributed by atoms with Crippen LogP contribution >= 0.6 is 12.4 Å². The van der Waals surface area contributed by atoms with Gasteiger partial charge in [0, 0.05) is 0 Å². The Hall–Kier alpha value is -1.20. The molecule has 1 aromatic rings. The van der Waals surface area contributed by atoms with Crippen molar-refractivity contribution in [3.8, 4) is 0 Å². The van der Waals surface area contributed by atoms with Gasteiger partial charge in [-0.15, -0.1) is 12.4 Å². The quantitative estimate of drug-likeness (QED) is 0.855. The summed E-state index contributed by atoms with van der Waals surface area (Å²) >= 11 is 0. The zero-order chi connectivity index (χ0) is 11.4. The summed E-state index contributed by atoms with van der Waals surface area (Å²) < 4.78 is 25.5. The molecule has 0 saturated heterocycles. The van der Waals surface area contributed by atoms with E-state index < -0.39 is 17.7 Å². The molecule has 0 aliphatic heterocycles. The summed E-state index contributed by atoms with van der Waals surface area (Å²) in [6.45, 7) is 1.54. The molecule has 1 aromatic carbocycles. The largest absolute Gasteiger partial charge is 0.348 e. The average molecular weight is 251 g/mol. The predicted octanol–water partition coefficient (Wildman–Crippen LogP) is 1.52. The molecule has 90 valence electrons. The molecule has 16 heavy (non-hydrogen) atoms. The standard InChI is InChI=1S/C10H12F2N2O.ClH/c1-6(14-10(15)5-13)7-2-3-8(11)9(12)4-7;/h2-4,6H,5,13H2,1H3,(H,14,15);1H. The number of carbonyl (C=O) groups excluding carboxylic acids is 1. The van der Waals surface area contributed by atoms with Crippen LogP contribution in [0.3, 0.4) is 0 Å². The van der Waals surface area contributed by atoms with Gasteiger partial charge in [-0.05, 0) is 24.6 Å². The molecule has 0 heterocycles. The van der Waals surface area contributed by atoms with Crippen molar-refractivity contribution in [2.24, 2.45) is 5.73 Å². The normalized spacial score (nSPS) is 11.5. The highest BCUT2D eigenvalue weighted by Gasteiger charge is 2.10. The van der Waals surface area contributed by atoms with Gasteiger partial charge in [-0.2, -0.15) is 0 Å². The van der Waals surface area contributed by atoms with Gasteiger partial charge in [0.2, 0.25) is 5.91 Å². The molecule has 0 saturated carbocycles. The Morgan fingerprint density at radius 1 is 1.44 bits per heavy atom. The number of amides is 1. The van der Waals surface area contributed by atoms with Crippen molar-refractivity contribution in [3.63, 3.8) is 0 Å². The van der Waals surface area contributed by atoms with Crippen molar-refractivity contribution in [1.29, 1.82) is 0 Å². The molecule has 0 aliphatic rings. The molecule has 6 heteroatoms. The van der Waals surface area contributed by atoms with Crippen molar-refractivity contribution < 1.29 is 13.6 Å². The molecule has 0 bridgehead atoms. The molecular weight excluding hydrogens is 238 g/mol. The fourth-order valence-corrected chi connectivity index (χ4v) is 1.17. The highest BCUT2D eigenvalue weighted by molar-refractivity contribution is 5.85. The second kappa shape index (κ2) is 6.40. The van der Waals surface area contributed by atoms with Crippen molar-refractivity contribution in [2.45, 2.75) is 13.0 Å². The lowest BCUT2D eigenvalue weighted by atomic mass is 10.1. The Morgan fingerprint density at radius 2 is 2.06 bits per heavy atom. The minimum Gasteiger partial charge on any atom is -0.348 e. The van der Waals surface area contributed by atoms with Gasteiger partial charge in [0.1, 0.15) is 0 Å². The van der Waals surface area contributed by atoms with E-state index in [1.807, 2.05) is 0 Å². The Labute approximate surface area is 98.4 Å². The Morgan fingerprint density at radius 3 is 2.56 bits per heavy atom. The van der Waals surface area contributed by atoms with E-state index in [1.165, 1.54) is 6.07 Å². The lowest BCUT2D eigenvalue weighted by Gasteiger charge is -2.13. The highest BCUT2D eigenvalue weighted by atomic mass is 35.5. The monoisotopic (exact) mass is 250 g/mol. The molecule has 0 aromatic heterocycles. The van der Waals surface area contributed by atoms with Gasteiger partial charge in [-0.3, -0.25) is 4.79 Å². The molecule has 1 atom stereocenters. The molecule has 0 radical (unpaired) electrons. The fraction of sp³-hybridized carbons (Fsp3) is 0.300. The SMILES string of the molecule is CC(NC(=O)CN)c1ccc(F)c(F)c1.Cl. The lowest BCUT2D eigenvalue weighted by molar-refractivity contribution is -0.120. The maximum absolute atomic E-state index is 12.8. The van der Waals surface area contributed by atoms with E-state index in [0.29, 0.717) is 5.56 Å². The minimum absolute atomic E-state index is 0. The fourth-order valence-electron chi connectivity index (χ4n) is 1.17. The third kappa shape index (κ3) is 3.75. The van der Waals surface area contributed by atoms with Gasteiger partial charge in [0.25, 0.3) is 0 Å². The highest BCUT2D eigenvalue weighted by Crippen LogP contribution is 2.15. The molecule has 1 unspecified atom stereocenters. The zero-order valence-corrected chi connectivity index (χ0v) is 9.48. The number of hydrogen-bond donors (Lipinski definition) is 2. The summed E-state index contributed by atoms with van der Waals surface area (Å²) in [4.78, 5) is 10.9. The number of nitrogens with two attached hydrogens (primary N) is 1. The second-order valence-corrected chi connectivity index (χ2v) is 3.17. The molecule has 0 aliphatic carbocycles. The van der Waals surface area contributed by atoms with E-state index in [-0.39, 0.29) is 24.9 Å². The van der Waals surface area contributed by atoms with Gasteiger partial charge in [0.05, 0.1) is 12.6 Å². The third-order valence-corrected chi connectivity index (χ3v) is 2.01. The Kier molecular flexibility index (Phi) is 5.92. The first-order chi connectivity index (χ1) is 7.04. The predicted molar refractivity (Wildman–Crippen MR) is 59.2 cm³/mol. The summed E-state index contributed by atoms with van der Waals surface area (Å²) in [6.07, 6.45) is 0. The summed E-state index contributed by atoms with van der Waals surface area (Å²) in [7, 11) is 0. The summed E-state index contributed by atoms with van der Waals surface area (Å²) in [6, 6.07) is 3.10. The van der Waals surface area contributed by atoms with Crippen molar-refractivity contribution in [2.75, 3.05) is 6.54 Å². The number of rotatable bonds is 3. The number of benzene rings is 1. The van der Waals surface area contributed by atoms with Gasteiger partial charge in [0.15, 0.2) is 11.6 Å². The van der Waals surface area contributed by atoms with Gasteiger partial charge < -0.3 is 11.1 Å². The van der Waals surface area contributed by atoms with Crippen LogP contribution < -0.4 is 11.1 Å². The second-order valence-electron chi connectivity index (χ2n) is 3.17. The van der Waals surface area contributed by atoms with Crippen LogP contribution in [0.15, 0.2) is 18.2 Å². The van der Waals surface area contributed by atoms with E-state index in [1.54, 1.807) is 6.92 Å². The van der Waals surface area contributed by atoms with Crippen molar-refractivity contribution in [1.82, 2.24) is 5.32 Å². The van der Waals surface area contributed by atoms with Crippen LogP contribution in [-0.4, -0.2) is 12.5 Å². The van der Waals surface area contributed by atoms with Gasteiger partial charge in [-0.1, -0.05) is 6.07 Å². The molecule has 1 amide bonds. The molecule has 1 rings (SSSR count). The van der Waals surface area contributed by atoms with E-state index >= 15 is 0 Å². The number of carbonyl (C=O) groups is 1. The van der Waals surface area contributed by atoms with Gasteiger partial charge in [-0.25, -0.2) is 8.78 Å². The maximum atomic E-state index is 12.8. The Balaban J connectivity index is 0.00000225. The van der Waals surface area contributed by atoms with Crippen LogP contribution in [0.25, 0.3) is 0 Å². The first-order valence-corrected chi connectivity index (χ1v) is 4.49. The molecule has 0 spiro atoms. The number of halogens is 3. The van der Waals surface area contributed by atoms with Crippen LogP contribution in [0.1, 0.15) is 18.5 Å². The Bertz CT molecular complexity index is 374. The van der Waals surface area contributed by atoms with Crippen LogP contribution in [0.4, 0.5) is 8.78 Å². The maximum Gasteiger partial charge on any atom is 0.234 e. The van der Waals surface area contributed by atoms with E-state index in [0.717, 1.165) is 12.1 Å². The summed E-state index contributed by atoms with van der Waals surface area (Å²) in [5.74, 6) is -2.18. The molecule has 3 N–H and O–H groups in total. The molecule has 0 fully saturated rings. The first kappa shape index (κ1) is 14.8. The van der Waals surface area contributed by atoms with Crippen LogP contribution in [-0.2, 0) is 4.79 Å². The van der Waals surface area contributed by atoms with Crippen LogP contribution in [0.2, 0.25) is 0 Å². The molecule has 3 nitrogen and oxygen atoms in total. The summed E-state index contributed by atoms with van der Waals surface area (Å²) in [5.41, 5.74) is 5.60. The van der Waals surface area contributed by atoms with Crippen LogP contribution in [0, 0.1) is 11.6 Å². The van der Waals surface area contributed by atoms with Crippen LogP contribution in [0.5, 0.6) is 0 Å². The van der Waals surface area contributed by atoms with Crippen molar-refractivity contribution >= 4 is 18.3 Å². The van der Waals surface area contributed by atoms with E-state index in [4.69, 9.17) is 5.73 Å². The van der Waals surface area contributed by atoms with E-state index in [2.05, 4.69) is 5.32 Å². The third-order valence-electron chi connectivity index (χ3n) is 2.01. The first-order valence-electron chi connectivity index (χ1n) is 4.49. The molecular formula is C10H13ClF2N2O. The van der Waals surface area contributed by atoms with Crippen molar-refractivity contribution in [3.05, 3.63) is 35.4 Å². The summed E-state index contributed by atoms with van der Waals surface area (Å²) in [5, 5.41) is 2.54.